The average Bonchev–Trinajstić information content (AvgIpc) is 2.86. The molecule has 0 aromatic heterocycles. The average molecular weight is 290 g/mol. The summed E-state index contributed by atoms with van der Waals surface area (Å²) in [7, 11) is 0. The van der Waals surface area contributed by atoms with Crippen molar-refractivity contribution in [3.8, 4) is 0 Å². The Balaban J connectivity index is 1.35. The summed E-state index contributed by atoms with van der Waals surface area (Å²) >= 11 is 0. The Morgan fingerprint density at radius 2 is 1.67 bits per heavy atom. The molecule has 1 heterocycles. The lowest BCUT2D eigenvalue weighted by Gasteiger charge is -2.60. The maximum Gasteiger partial charge on any atom is 0.0217 e. The Morgan fingerprint density at radius 3 is 2.24 bits per heavy atom. The largest absolute Gasteiger partial charge is 0.316 e. The molecule has 1 N–H and O–H groups in total. The Kier molecular flexibility index (Phi) is 3.82. The minimum atomic E-state index is 0.654. The van der Waals surface area contributed by atoms with Crippen LogP contribution in [0.1, 0.15) is 58.8 Å². The number of nitrogens with one attached hydrogen (secondary N) is 1. The van der Waals surface area contributed by atoms with Crippen LogP contribution in [0.25, 0.3) is 0 Å². The van der Waals surface area contributed by atoms with E-state index in [2.05, 4.69) is 24.1 Å². The first-order valence-corrected chi connectivity index (χ1v) is 9.59. The molecule has 5 rings (SSSR count). The van der Waals surface area contributed by atoms with Crippen LogP contribution in [-0.4, -0.2) is 36.6 Å². The predicted molar refractivity (Wildman–Crippen MR) is 88.3 cm³/mol. The molecule has 1 aliphatic heterocycles. The highest BCUT2D eigenvalue weighted by Crippen LogP contribution is 2.58. The zero-order valence-electron chi connectivity index (χ0n) is 14.1. The Labute approximate surface area is 131 Å². The molecular weight excluding hydrogens is 256 g/mol. The van der Waals surface area contributed by atoms with Gasteiger partial charge in [-0.05, 0) is 94.2 Å². The zero-order valence-corrected chi connectivity index (χ0v) is 14.1. The summed E-state index contributed by atoms with van der Waals surface area (Å²) in [5.74, 6) is 4.97. The first-order chi connectivity index (χ1) is 10.1. The van der Waals surface area contributed by atoms with Crippen LogP contribution >= 0.6 is 0 Å². The summed E-state index contributed by atoms with van der Waals surface area (Å²) < 4.78 is 0. The molecule has 0 aromatic carbocycles. The van der Waals surface area contributed by atoms with Crippen LogP contribution in [-0.2, 0) is 0 Å². The van der Waals surface area contributed by atoms with Gasteiger partial charge >= 0.3 is 0 Å². The van der Waals surface area contributed by atoms with Gasteiger partial charge in [0.1, 0.15) is 0 Å². The molecule has 2 nitrogen and oxygen atoms in total. The van der Waals surface area contributed by atoms with Gasteiger partial charge in [-0.2, -0.15) is 0 Å². The van der Waals surface area contributed by atoms with E-state index in [1.54, 1.807) is 38.5 Å². The Morgan fingerprint density at radius 1 is 1.05 bits per heavy atom. The number of rotatable bonds is 5. The second-order valence-corrected chi connectivity index (χ2v) is 9.29. The highest BCUT2D eigenvalue weighted by molar-refractivity contribution is 5.08. The van der Waals surface area contributed by atoms with Crippen LogP contribution in [0.2, 0.25) is 0 Å². The van der Waals surface area contributed by atoms with E-state index in [0.717, 1.165) is 29.6 Å². The van der Waals surface area contributed by atoms with Crippen molar-refractivity contribution in [2.75, 3.05) is 26.2 Å². The molecule has 0 spiro atoms. The van der Waals surface area contributed by atoms with E-state index >= 15 is 0 Å². The molecular formula is C19H34N2. The number of nitrogens with zero attached hydrogens (tertiary/aromatic N) is 1. The Bertz CT molecular complexity index is 340. The molecule has 5 fully saturated rings. The first-order valence-electron chi connectivity index (χ1n) is 9.59. The third kappa shape index (κ3) is 2.79. The lowest BCUT2D eigenvalue weighted by Crippen LogP contribution is -2.59. The van der Waals surface area contributed by atoms with Gasteiger partial charge in [0.25, 0.3) is 0 Å². The van der Waals surface area contributed by atoms with E-state index in [9.17, 15) is 0 Å². The van der Waals surface area contributed by atoms with Gasteiger partial charge in [0.2, 0.25) is 0 Å². The van der Waals surface area contributed by atoms with Gasteiger partial charge in [-0.15, -0.1) is 0 Å². The van der Waals surface area contributed by atoms with Crippen molar-refractivity contribution in [1.29, 1.82) is 0 Å². The van der Waals surface area contributed by atoms with Crippen molar-refractivity contribution in [2.24, 2.45) is 29.6 Å². The molecule has 1 atom stereocenters. The summed E-state index contributed by atoms with van der Waals surface area (Å²) in [6.07, 6.45) is 10.8. The van der Waals surface area contributed by atoms with Crippen molar-refractivity contribution >= 4 is 0 Å². The van der Waals surface area contributed by atoms with Gasteiger partial charge in [0.15, 0.2) is 0 Å². The summed E-state index contributed by atoms with van der Waals surface area (Å²) in [4.78, 5) is 2.96. The van der Waals surface area contributed by atoms with Gasteiger partial charge < -0.3 is 5.32 Å². The third-order valence-corrected chi connectivity index (χ3v) is 6.95. The second-order valence-electron chi connectivity index (χ2n) is 9.29. The molecule has 4 saturated carbocycles. The predicted octanol–water partition coefficient (Wildman–Crippen LogP) is 3.52. The fraction of sp³-hybridized carbons (Fsp3) is 1.00. The summed E-state index contributed by atoms with van der Waals surface area (Å²) in [6.45, 7) is 9.83. The van der Waals surface area contributed by atoms with Crippen molar-refractivity contribution in [3.63, 3.8) is 0 Å². The van der Waals surface area contributed by atoms with Gasteiger partial charge in [0, 0.05) is 12.1 Å². The minimum Gasteiger partial charge on any atom is -0.316 e. The van der Waals surface area contributed by atoms with Crippen LogP contribution in [0, 0.1) is 29.6 Å². The van der Waals surface area contributed by atoms with E-state index in [4.69, 9.17) is 0 Å². The molecule has 120 valence electrons. The van der Waals surface area contributed by atoms with E-state index in [-0.39, 0.29) is 0 Å². The fourth-order valence-electron chi connectivity index (χ4n) is 6.46. The summed E-state index contributed by atoms with van der Waals surface area (Å²) in [6, 6.07) is 0. The molecule has 0 radical (unpaired) electrons. The fourth-order valence-corrected chi connectivity index (χ4v) is 6.46. The lowest BCUT2D eigenvalue weighted by molar-refractivity contribution is -0.0814. The summed E-state index contributed by atoms with van der Waals surface area (Å²) in [5.41, 5.74) is 0.654. The smallest absolute Gasteiger partial charge is 0.0217 e. The van der Waals surface area contributed by atoms with Gasteiger partial charge in [-0.3, -0.25) is 4.90 Å². The monoisotopic (exact) mass is 290 g/mol. The number of hydrogen-bond donors (Lipinski definition) is 1. The first kappa shape index (κ1) is 14.5. The maximum atomic E-state index is 3.69. The SMILES string of the molecule is CC(C)CNCC1CCN(C23CC4CC(CC(C4)C2)C3)C1. The van der Waals surface area contributed by atoms with E-state index < -0.39 is 0 Å². The van der Waals surface area contributed by atoms with Gasteiger partial charge in [-0.1, -0.05) is 13.8 Å². The third-order valence-electron chi connectivity index (χ3n) is 6.95. The number of hydrogen-bond acceptors (Lipinski definition) is 2. The van der Waals surface area contributed by atoms with Crippen LogP contribution in [0.4, 0.5) is 0 Å². The van der Waals surface area contributed by atoms with Crippen LogP contribution in [0.5, 0.6) is 0 Å². The lowest BCUT2D eigenvalue weighted by atomic mass is 9.52. The van der Waals surface area contributed by atoms with E-state index in [1.165, 1.54) is 32.6 Å². The molecule has 4 aliphatic carbocycles. The maximum absolute atomic E-state index is 3.69. The number of likely N-dealkylation sites (tertiary alicyclic amines) is 1. The van der Waals surface area contributed by atoms with Gasteiger partial charge in [0.05, 0.1) is 0 Å². The topological polar surface area (TPSA) is 15.3 Å². The Hall–Kier alpha value is -0.0800. The normalized spacial score (nSPS) is 45.9. The molecule has 5 aliphatic rings. The quantitative estimate of drug-likeness (QED) is 0.833. The molecule has 4 bridgehead atoms. The van der Waals surface area contributed by atoms with Gasteiger partial charge in [-0.25, -0.2) is 0 Å². The highest BCUT2D eigenvalue weighted by Gasteiger charge is 2.54. The molecule has 1 saturated heterocycles. The van der Waals surface area contributed by atoms with Crippen molar-refractivity contribution in [3.05, 3.63) is 0 Å². The zero-order chi connectivity index (χ0) is 14.4. The molecule has 1 unspecified atom stereocenters. The highest BCUT2D eigenvalue weighted by atomic mass is 15.2. The van der Waals surface area contributed by atoms with Crippen molar-refractivity contribution < 1.29 is 0 Å². The second kappa shape index (κ2) is 5.53. The summed E-state index contributed by atoms with van der Waals surface area (Å²) in [5, 5.41) is 3.69. The van der Waals surface area contributed by atoms with E-state index in [0.29, 0.717) is 5.54 Å². The van der Waals surface area contributed by atoms with Crippen molar-refractivity contribution in [2.45, 2.75) is 64.3 Å². The molecule has 0 aromatic rings. The standard InChI is InChI=1S/C19H34N2/c1-14(2)11-20-12-15-3-4-21(13-15)19-8-16-5-17(9-19)7-18(6-16)10-19/h14-18,20H,3-13H2,1-2H3. The minimum absolute atomic E-state index is 0.654. The van der Waals surface area contributed by atoms with Crippen LogP contribution in [0.3, 0.4) is 0 Å². The molecule has 2 heteroatoms. The van der Waals surface area contributed by atoms with E-state index in [1.807, 2.05) is 0 Å². The van der Waals surface area contributed by atoms with Crippen molar-refractivity contribution in [1.82, 2.24) is 10.2 Å². The van der Waals surface area contributed by atoms with Crippen LogP contribution in [0.15, 0.2) is 0 Å². The molecule has 21 heavy (non-hydrogen) atoms. The molecule has 0 amide bonds. The van der Waals surface area contributed by atoms with Crippen LogP contribution < -0.4 is 5.32 Å².